The van der Waals surface area contributed by atoms with Gasteiger partial charge in [0.1, 0.15) is 23.0 Å². The van der Waals surface area contributed by atoms with Gasteiger partial charge in [-0.2, -0.15) is 0 Å². The number of nitrogens with one attached hydrogen (secondary N) is 1. The Labute approximate surface area is 177 Å². The van der Waals surface area contributed by atoms with E-state index < -0.39 is 0 Å². The normalized spacial score (nSPS) is 10.3. The maximum Gasteiger partial charge on any atom is 0.224 e. The third kappa shape index (κ3) is 6.85. The van der Waals surface area contributed by atoms with Crippen LogP contribution in [0.3, 0.4) is 0 Å². The van der Waals surface area contributed by atoms with E-state index in [1.807, 2.05) is 86.6 Å². The zero-order chi connectivity index (χ0) is 21.2. The summed E-state index contributed by atoms with van der Waals surface area (Å²) in [6.07, 6.45) is 1.02. The lowest BCUT2D eigenvalue weighted by atomic mass is 10.2. The molecular weight excluding hydrogens is 378 g/mol. The molecule has 156 valence electrons. The standard InChI is InChI=1S/C25H27NO4/c1-3-28-21-14-16-22(17-15-21)29-18-4-5-25(27)26-20-8-12-24(13-9-20)30-23-10-6-19(2)7-11-23/h6-17H,3-5,18H2,1-2H3,(H,26,27). The maximum absolute atomic E-state index is 12.1. The van der Waals surface area contributed by atoms with E-state index in [9.17, 15) is 4.79 Å². The zero-order valence-corrected chi connectivity index (χ0v) is 17.4. The molecule has 0 aliphatic heterocycles. The second-order valence-corrected chi connectivity index (χ2v) is 6.84. The number of ether oxygens (including phenoxy) is 3. The molecule has 0 fully saturated rings. The van der Waals surface area contributed by atoms with E-state index in [0.717, 1.165) is 28.7 Å². The minimum absolute atomic E-state index is 0.0440. The fourth-order valence-corrected chi connectivity index (χ4v) is 2.79. The number of hydrogen-bond donors (Lipinski definition) is 1. The maximum atomic E-state index is 12.1. The van der Waals surface area contributed by atoms with Gasteiger partial charge in [-0.05, 0) is 80.9 Å². The second kappa shape index (κ2) is 10.9. The molecule has 0 aromatic heterocycles. The number of rotatable bonds is 10. The highest BCUT2D eigenvalue weighted by atomic mass is 16.5. The lowest BCUT2D eigenvalue weighted by Crippen LogP contribution is -2.12. The minimum atomic E-state index is -0.0440. The van der Waals surface area contributed by atoms with Crippen molar-refractivity contribution in [1.29, 1.82) is 0 Å². The van der Waals surface area contributed by atoms with E-state index in [4.69, 9.17) is 14.2 Å². The highest BCUT2D eigenvalue weighted by Gasteiger charge is 2.04. The Morgan fingerprint density at radius 3 is 1.90 bits per heavy atom. The van der Waals surface area contributed by atoms with Crippen LogP contribution in [-0.4, -0.2) is 19.1 Å². The van der Waals surface area contributed by atoms with Gasteiger partial charge in [0.05, 0.1) is 13.2 Å². The number of carbonyl (C=O) groups is 1. The van der Waals surface area contributed by atoms with E-state index in [2.05, 4.69) is 5.32 Å². The molecule has 5 nitrogen and oxygen atoms in total. The SMILES string of the molecule is CCOc1ccc(OCCCC(=O)Nc2ccc(Oc3ccc(C)cc3)cc2)cc1. The predicted molar refractivity (Wildman–Crippen MR) is 119 cm³/mol. The van der Waals surface area contributed by atoms with Gasteiger partial charge in [0, 0.05) is 12.1 Å². The van der Waals surface area contributed by atoms with Gasteiger partial charge in [0.15, 0.2) is 0 Å². The number of carbonyl (C=O) groups excluding carboxylic acids is 1. The van der Waals surface area contributed by atoms with Gasteiger partial charge in [-0.3, -0.25) is 4.79 Å². The summed E-state index contributed by atoms with van der Waals surface area (Å²) in [5, 5.41) is 2.89. The second-order valence-electron chi connectivity index (χ2n) is 6.84. The molecule has 3 aromatic carbocycles. The quantitative estimate of drug-likeness (QED) is 0.421. The van der Waals surface area contributed by atoms with Crippen LogP contribution in [0.1, 0.15) is 25.3 Å². The molecule has 0 heterocycles. The van der Waals surface area contributed by atoms with Gasteiger partial charge in [0.2, 0.25) is 5.91 Å². The van der Waals surface area contributed by atoms with Crippen molar-refractivity contribution in [3.05, 3.63) is 78.4 Å². The third-order valence-corrected chi connectivity index (χ3v) is 4.35. The van der Waals surface area contributed by atoms with E-state index in [0.29, 0.717) is 26.1 Å². The van der Waals surface area contributed by atoms with Gasteiger partial charge >= 0.3 is 0 Å². The largest absolute Gasteiger partial charge is 0.494 e. The zero-order valence-electron chi connectivity index (χ0n) is 17.4. The molecule has 0 atom stereocenters. The first-order valence-corrected chi connectivity index (χ1v) is 10.1. The summed E-state index contributed by atoms with van der Waals surface area (Å²) in [5.41, 5.74) is 1.92. The van der Waals surface area contributed by atoms with Gasteiger partial charge in [-0.25, -0.2) is 0 Å². The fraction of sp³-hybridized carbons (Fsp3) is 0.240. The Hall–Kier alpha value is -3.47. The van der Waals surface area contributed by atoms with Crippen molar-refractivity contribution in [3.8, 4) is 23.0 Å². The van der Waals surface area contributed by atoms with Crippen molar-refractivity contribution in [2.75, 3.05) is 18.5 Å². The molecule has 0 spiro atoms. The number of amides is 1. The molecule has 30 heavy (non-hydrogen) atoms. The van der Waals surface area contributed by atoms with Crippen molar-refractivity contribution in [1.82, 2.24) is 0 Å². The average Bonchev–Trinajstić information content (AvgIpc) is 2.76. The Kier molecular flexibility index (Phi) is 7.72. The molecule has 1 amide bonds. The highest BCUT2D eigenvalue weighted by Crippen LogP contribution is 2.23. The van der Waals surface area contributed by atoms with Crippen molar-refractivity contribution in [2.24, 2.45) is 0 Å². The van der Waals surface area contributed by atoms with E-state index >= 15 is 0 Å². The fourth-order valence-electron chi connectivity index (χ4n) is 2.79. The molecule has 0 unspecified atom stereocenters. The van der Waals surface area contributed by atoms with Crippen LogP contribution in [0.5, 0.6) is 23.0 Å². The number of anilines is 1. The van der Waals surface area contributed by atoms with Crippen LogP contribution in [-0.2, 0) is 4.79 Å². The van der Waals surface area contributed by atoms with Crippen molar-refractivity contribution in [2.45, 2.75) is 26.7 Å². The monoisotopic (exact) mass is 405 g/mol. The molecular formula is C25H27NO4. The first-order chi connectivity index (χ1) is 14.6. The molecule has 0 saturated heterocycles. The van der Waals surface area contributed by atoms with Crippen LogP contribution in [0, 0.1) is 6.92 Å². The molecule has 5 heteroatoms. The van der Waals surface area contributed by atoms with Crippen LogP contribution in [0.15, 0.2) is 72.8 Å². The summed E-state index contributed by atoms with van der Waals surface area (Å²) in [6, 6.07) is 22.7. The summed E-state index contributed by atoms with van der Waals surface area (Å²) in [7, 11) is 0. The van der Waals surface area contributed by atoms with Crippen molar-refractivity contribution in [3.63, 3.8) is 0 Å². The molecule has 3 aromatic rings. The van der Waals surface area contributed by atoms with Gasteiger partial charge < -0.3 is 19.5 Å². The Morgan fingerprint density at radius 2 is 1.30 bits per heavy atom. The van der Waals surface area contributed by atoms with E-state index in [1.165, 1.54) is 5.56 Å². The van der Waals surface area contributed by atoms with Crippen LogP contribution in [0.2, 0.25) is 0 Å². The predicted octanol–water partition coefficient (Wildman–Crippen LogP) is 5.98. The van der Waals surface area contributed by atoms with Gasteiger partial charge in [-0.1, -0.05) is 17.7 Å². The Bertz CT molecular complexity index is 919. The molecule has 0 aliphatic carbocycles. The molecule has 1 N–H and O–H groups in total. The number of aryl methyl sites for hydroxylation is 1. The van der Waals surface area contributed by atoms with Gasteiger partial charge in [0.25, 0.3) is 0 Å². The summed E-state index contributed by atoms with van der Waals surface area (Å²) in [4.78, 5) is 12.1. The summed E-state index contributed by atoms with van der Waals surface area (Å²) < 4.78 is 16.9. The molecule has 0 aliphatic rings. The number of benzene rings is 3. The van der Waals surface area contributed by atoms with E-state index in [-0.39, 0.29) is 5.91 Å². The van der Waals surface area contributed by atoms with Crippen LogP contribution < -0.4 is 19.5 Å². The van der Waals surface area contributed by atoms with E-state index in [1.54, 1.807) is 0 Å². The van der Waals surface area contributed by atoms with Crippen LogP contribution in [0.25, 0.3) is 0 Å². The van der Waals surface area contributed by atoms with Crippen molar-refractivity contribution >= 4 is 11.6 Å². The minimum Gasteiger partial charge on any atom is -0.494 e. The topological polar surface area (TPSA) is 56.8 Å². The average molecular weight is 405 g/mol. The highest BCUT2D eigenvalue weighted by molar-refractivity contribution is 5.90. The number of hydrogen-bond acceptors (Lipinski definition) is 4. The van der Waals surface area contributed by atoms with Gasteiger partial charge in [-0.15, -0.1) is 0 Å². The lowest BCUT2D eigenvalue weighted by Gasteiger charge is -2.09. The molecule has 0 saturated carbocycles. The Balaban J connectivity index is 1.37. The first kappa shape index (κ1) is 21.2. The first-order valence-electron chi connectivity index (χ1n) is 10.1. The third-order valence-electron chi connectivity index (χ3n) is 4.35. The van der Waals surface area contributed by atoms with Crippen LogP contribution in [0.4, 0.5) is 5.69 Å². The summed E-state index contributed by atoms with van der Waals surface area (Å²) >= 11 is 0. The summed E-state index contributed by atoms with van der Waals surface area (Å²) in [6.45, 7) is 5.10. The molecule has 0 bridgehead atoms. The smallest absolute Gasteiger partial charge is 0.224 e. The lowest BCUT2D eigenvalue weighted by molar-refractivity contribution is -0.116. The van der Waals surface area contributed by atoms with Crippen molar-refractivity contribution < 1.29 is 19.0 Å². The molecule has 0 radical (unpaired) electrons. The van der Waals surface area contributed by atoms with Crippen LogP contribution >= 0.6 is 0 Å². The Morgan fingerprint density at radius 1 is 0.767 bits per heavy atom. The summed E-state index contributed by atoms with van der Waals surface area (Å²) in [5.74, 6) is 3.05. The molecule has 3 rings (SSSR count).